The van der Waals surface area contributed by atoms with Crippen LogP contribution in [0.1, 0.15) is 32.1 Å². The van der Waals surface area contributed by atoms with Crippen LogP contribution in [0.25, 0.3) is 0 Å². The molecule has 2 rings (SSSR count). The number of fused-ring (bicyclic) bond motifs is 2. The van der Waals surface area contributed by atoms with E-state index in [1.165, 1.54) is 6.42 Å². The Balaban J connectivity index is 1.82. The van der Waals surface area contributed by atoms with Crippen LogP contribution in [0.3, 0.4) is 0 Å². The van der Waals surface area contributed by atoms with E-state index < -0.39 is 0 Å². The van der Waals surface area contributed by atoms with E-state index in [9.17, 15) is 9.59 Å². The van der Waals surface area contributed by atoms with Gasteiger partial charge in [-0.2, -0.15) is 0 Å². The monoisotopic (exact) mass is 253 g/mol. The molecule has 2 saturated heterocycles. The molecule has 18 heavy (non-hydrogen) atoms. The molecule has 0 aromatic rings. The Hall–Kier alpha value is -1.10. The molecule has 2 heterocycles. The molecule has 2 bridgehead atoms. The van der Waals surface area contributed by atoms with Gasteiger partial charge in [-0.25, -0.2) is 4.79 Å². The number of amides is 2. The molecule has 2 aliphatic rings. The highest BCUT2D eigenvalue weighted by atomic mass is 16.2. The van der Waals surface area contributed by atoms with E-state index >= 15 is 0 Å². The van der Waals surface area contributed by atoms with Gasteiger partial charge >= 0.3 is 6.03 Å². The first-order valence-corrected chi connectivity index (χ1v) is 6.80. The van der Waals surface area contributed by atoms with E-state index in [4.69, 9.17) is 0 Å². The van der Waals surface area contributed by atoms with E-state index in [0.717, 1.165) is 19.4 Å². The lowest BCUT2D eigenvalue weighted by Crippen LogP contribution is -2.54. The SMILES string of the molecule is CN(C)C(=O)NCCN1C2CCCC1CC(=O)C2. The van der Waals surface area contributed by atoms with Gasteiger partial charge in [-0.15, -0.1) is 0 Å². The fraction of sp³-hybridized carbons (Fsp3) is 0.846. The molecular formula is C13H23N3O2. The van der Waals surface area contributed by atoms with Crippen LogP contribution in [0.15, 0.2) is 0 Å². The first-order valence-electron chi connectivity index (χ1n) is 6.80. The molecule has 0 spiro atoms. The number of Topliss-reactive ketones (excluding diaryl/α,β-unsaturated/α-hetero) is 1. The number of ketones is 1. The maximum Gasteiger partial charge on any atom is 0.316 e. The van der Waals surface area contributed by atoms with Gasteiger partial charge in [-0.05, 0) is 12.8 Å². The fourth-order valence-electron chi connectivity index (χ4n) is 3.08. The molecule has 1 N–H and O–H groups in total. The molecule has 2 amide bonds. The Morgan fingerprint density at radius 1 is 1.33 bits per heavy atom. The number of hydrogen-bond acceptors (Lipinski definition) is 3. The summed E-state index contributed by atoms with van der Waals surface area (Å²) in [4.78, 5) is 27.0. The summed E-state index contributed by atoms with van der Waals surface area (Å²) in [5, 5.41) is 2.89. The Morgan fingerprint density at radius 3 is 2.50 bits per heavy atom. The van der Waals surface area contributed by atoms with Crippen LogP contribution in [0.2, 0.25) is 0 Å². The minimum atomic E-state index is -0.0479. The lowest BCUT2D eigenvalue weighted by Gasteiger charge is -2.45. The zero-order chi connectivity index (χ0) is 13.1. The highest BCUT2D eigenvalue weighted by Crippen LogP contribution is 2.31. The third-order valence-corrected chi connectivity index (χ3v) is 3.99. The van der Waals surface area contributed by atoms with Crippen molar-refractivity contribution in [3.05, 3.63) is 0 Å². The third-order valence-electron chi connectivity index (χ3n) is 3.99. The van der Waals surface area contributed by atoms with Crippen molar-refractivity contribution in [3.8, 4) is 0 Å². The zero-order valence-corrected chi connectivity index (χ0v) is 11.3. The largest absolute Gasteiger partial charge is 0.337 e. The van der Waals surface area contributed by atoms with Gasteiger partial charge < -0.3 is 10.2 Å². The van der Waals surface area contributed by atoms with E-state index in [1.807, 2.05) is 0 Å². The Bertz CT molecular complexity index is 314. The van der Waals surface area contributed by atoms with Crippen LogP contribution < -0.4 is 5.32 Å². The number of carbonyl (C=O) groups excluding carboxylic acids is 2. The van der Waals surface area contributed by atoms with Crippen molar-refractivity contribution in [1.29, 1.82) is 0 Å². The molecule has 5 nitrogen and oxygen atoms in total. The van der Waals surface area contributed by atoms with E-state index in [0.29, 0.717) is 37.3 Å². The second kappa shape index (κ2) is 5.69. The van der Waals surface area contributed by atoms with Crippen molar-refractivity contribution in [2.24, 2.45) is 0 Å². The summed E-state index contributed by atoms with van der Waals surface area (Å²) in [6, 6.07) is 0.788. The minimum Gasteiger partial charge on any atom is -0.337 e. The van der Waals surface area contributed by atoms with Gasteiger partial charge in [0.05, 0.1) is 0 Å². The molecule has 102 valence electrons. The molecule has 2 atom stereocenters. The van der Waals surface area contributed by atoms with Gasteiger partial charge in [0.15, 0.2) is 0 Å². The molecule has 0 aromatic carbocycles. The normalized spacial score (nSPS) is 28.0. The Kier molecular flexibility index (Phi) is 4.22. The van der Waals surface area contributed by atoms with Crippen LogP contribution in [-0.4, -0.2) is 60.9 Å². The summed E-state index contributed by atoms with van der Waals surface area (Å²) < 4.78 is 0. The molecule has 0 saturated carbocycles. The Labute approximate surface area is 108 Å². The summed E-state index contributed by atoms with van der Waals surface area (Å²) in [5.41, 5.74) is 0. The number of nitrogens with zero attached hydrogens (tertiary/aromatic N) is 2. The maximum absolute atomic E-state index is 11.6. The van der Waals surface area contributed by atoms with Crippen LogP contribution >= 0.6 is 0 Å². The molecule has 0 aliphatic carbocycles. The van der Waals surface area contributed by atoms with E-state index in [-0.39, 0.29) is 6.03 Å². The molecule has 0 radical (unpaired) electrons. The highest BCUT2D eigenvalue weighted by Gasteiger charge is 2.36. The number of piperidine rings is 2. The molecule has 5 heteroatoms. The number of nitrogens with one attached hydrogen (secondary N) is 1. The van der Waals surface area contributed by atoms with E-state index in [1.54, 1.807) is 19.0 Å². The van der Waals surface area contributed by atoms with Gasteiger partial charge in [0, 0.05) is 52.1 Å². The standard InChI is InChI=1S/C13H23N3O2/c1-15(2)13(18)14-6-7-16-10-4-3-5-11(16)9-12(17)8-10/h10-11H,3-9H2,1-2H3,(H,14,18). The van der Waals surface area contributed by atoms with Crippen LogP contribution in [0.5, 0.6) is 0 Å². The molecule has 2 unspecified atom stereocenters. The number of urea groups is 1. The first kappa shape index (κ1) is 13.3. The average Bonchev–Trinajstić information content (AvgIpc) is 2.29. The summed E-state index contributed by atoms with van der Waals surface area (Å²) in [7, 11) is 3.48. The van der Waals surface area contributed by atoms with Crippen molar-refractivity contribution in [2.45, 2.75) is 44.2 Å². The molecule has 0 aromatic heterocycles. The fourth-order valence-corrected chi connectivity index (χ4v) is 3.08. The smallest absolute Gasteiger partial charge is 0.316 e. The summed E-state index contributed by atoms with van der Waals surface area (Å²) in [6.07, 6.45) is 4.91. The van der Waals surface area contributed by atoms with Crippen LogP contribution in [0.4, 0.5) is 4.79 Å². The lowest BCUT2D eigenvalue weighted by molar-refractivity contribution is -0.127. The van der Waals surface area contributed by atoms with Crippen molar-refractivity contribution in [1.82, 2.24) is 15.1 Å². The van der Waals surface area contributed by atoms with Crippen molar-refractivity contribution in [2.75, 3.05) is 27.2 Å². The van der Waals surface area contributed by atoms with Crippen molar-refractivity contribution < 1.29 is 9.59 Å². The second-order valence-corrected chi connectivity index (χ2v) is 5.55. The zero-order valence-electron chi connectivity index (χ0n) is 11.3. The van der Waals surface area contributed by atoms with E-state index in [2.05, 4.69) is 10.2 Å². The summed E-state index contributed by atoms with van der Waals surface area (Å²) in [5.74, 6) is 0.415. The number of hydrogen-bond donors (Lipinski definition) is 1. The van der Waals surface area contributed by atoms with Crippen LogP contribution in [-0.2, 0) is 4.79 Å². The number of rotatable bonds is 3. The van der Waals surface area contributed by atoms with Gasteiger partial charge in [-0.3, -0.25) is 9.69 Å². The van der Waals surface area contributed by atoms with Crippen LogP contribution in [0, 0.1) is 0 Å². The summed E-state index contributed by atoms with van der Waals surface area (Å²) in [6.45, 7) is 1.53. The first-order chi connectivity index (χ1) is 8.58. The highest BCUT2D eigenvalue weighted by molar-refractivity contribution is 5.80. The van der Waals surface area contributed by atoms with Gasteiger partial charge in [-0.1, -0.05) is 6.42 Å². The van der Waals surface area contributed by atoms with Crippen molar-refractivity contribution >= 4 is 11.8 Å². The molecule has 2 aliphatic heterocycles. The quantitative estimate of drug-likeness (QED) is 0.811. The lowest BCUT2D eigenvalue weighted by atomic mass is 9.84. The molecule has 2 fully saturated rings. The minimum absolute atomic E-state index is 0.0479. The van der Waals surface area contributed by atoms with Crippen molar-refractivity contribution in [3.63, 3.8) is 0 Å². The predicted molar refractivity (Wildman–Crippen MR) is 69.5 cm³/mol. The topological polar surface area (TPSA) is 52.7 Å². The van der Waals surface area contributed by atoms with Gasteiger partial charge in [0.25, 0.3) is 0 Å². The average molecular weight is 253 g/mol. The maximum atomic E-state index is 11.6. The van der Waals surface area contributed by atoms with Gasteiger partial charge in [0.1, 0.15) is 5.78 Å². The summed E-state index contributed by atoms with van der Waals surface area (Å²) >= 11 is 0. The Morgan fingerprint density at radius 2 is 1.94 bits per heavy atom. The third kappa shape index (κ3) is 3.02. The second-order valence-electron chi connectivity index (χ2n) is 5.55. The molecular weight excluding hydrogens is 230 g/mol. The number of carbonyl (C=O) groups is 2. The van der Waals surface area contributed by atoms with Gasteiger partial charge in [0.2, 0.25) is 0 Å². The predicted octanol–water partition coefficient (Wildman–Crippen LogP) is 0.844.